The van der Waals surface area contributed by atoms with Gasteiger partial charge in [-0.15, -0.1) is 0 Å². The number of aromatic nitrogens is 2. The molecule has 1 aromatic heterocycles. The third-order valence-corrected chi connectivity index (χ3v) is 2.60. The number of carbonyl (C=O) groups is 2. The number of carbonyl (C=O) groups excluding carboxylic acids is 2. The first kappa shape index (κ1) is 13.4. The molecule has 0 amide bonds. The van der Waals surface area contributed by atoms with Crippen LogP contribution in [0.5, 0.6) is 0 Å². The number of Topliss-reactive ketones (excluding diaryl/α,β-unsaturated/α-hetero) is 1. The summed E-state index contributed by atoms with van der Waals surface area (Å²) < 4.78 is 6.40. The lowest BCUT2D eigenvalue weighted by Gasteiger charge is -2.03. The van der Waals surface area contributed by atoms with Crippen LogP contribution in [-0.2, 0) is 29.4 Å². The van der Waals surface area contributed by atoms with E-state index in [1.54, 1.807) is 18.7 Å². The van der Waals surface area contributed by atoms with Crippen LogP contribution in [0.4, 0.5) is 0 Å². The van der Waals surface area contributed by atoms with Gasteiger partial charge in [0, 0.05) is 12.7 Å². The lowest BCUT2D eigenvalue weighted by molar-refractivity contribution is -0.137. The second-order valence-corrected chi connectivity index (χ2v) is 3.65. The monoisotopic (exact) mass is 238 g/mol. The van der Waals surface area contributed by atoms with Crippen molar-refractivity contribution >= 4 is 11.8 Å². The van der Waals surface area contributed by atoms with Crippen molar-refractivity contribution in [3.05, 3.63) is 17.0 Å². The molecule has 1 aromatic rings. The molecular formula is C12H18N2O3. The summed E-state index contributed by atoms with van der Waals surface area (Å²) in [5.74, 6) is -1.39. The van der Waals surface area contributed by atoms with Gasteiger partial charge in [-0.2, -0.15) is 5.10 Å². The molecule has 0 aliphatic heterocycles. The van der Waals surface area contributed by atoms with Crippen LogP contribution in [0.3, 0.4) is 0 Å². The maximum atomic E-state index is 12.0. The van der Waals surface area contributed by atoms with Gasteiger partial charge in [0.05, 0.1) is 17.9 Å². The second-order valence-electron chi connectivity index (χ2n) is 3.65. The Hall–Kier alpha value is -1.65. The Balaban J connectivity index is 3.19. The third kappa shape index (κ3) is 2.54. The van der Waals surface area contributed by atoms with E-state index >= 15 is 0 Å². The average Bonchev–Trinajstić information content (AvgIpc) is 2.64. The van der Waals surface area contributed by atoms with Crippen LogP contribution in [0.1, 0.15) is 42.5 Å². The fourth-order valence-electron chi connectivity index (χ4n) is 1.83. The highest BCUT2D eigenvalue weighted by Gasteiger charge is 2.26. The molecule has 1 heterocycles. The summed E-state index contributed by atoms with van der Waals surface area (Å²) in [5.41, 5.74) is 1.85. The molecule has 0 aliphatic carbocycles. The molecule has 17 heavy (non-hydrogen) atoms. The Kier molecular flexibility index (Phi) is 4.43. The van der Waals surface area contributed by atoms with Gasteiger partial charge in [0.2, 0.25) is 0 Å². The molecule has 0 fully saturated rings. The van der Waals surface area contributed by atoms with Gasteiger partial charge >= 0.3 is 5.97 Å². The van der Waals surface area contributed by atoms with E-state index in [1.165, 1.54) is 0 Å². The molecule has 94 valence electrons. The topological polar surface area (TPSA) is 61.2 Å². The van der Waals surface area contributed by atoms with Crippen LogP contribution in [0.15, 0.2) is 0 Å². The lowest BCUT2D eigenvalue weighted by atomic mass is 10.0. The van der Waals surface area contributed by atoms with Crippen molar-refractivity contribution in [2.75, 3.05) is 6.61 Å². The molecule has 0 unspecified atom stereocenters. The van der Waals surface area contributed by atoms with Gasteiger partial charge in [-0.25, -0.2) is 4.79 Å². The Morgan fingerprint density at radius 1 is 1.24 bits per heavy atom. The number of aryl methyl sites for hydroxylation is 2. The highest BCUT2D eigenvalue weighted by molar-refractivity contribution is 6.41. The molecule has 0 saturated heterocycles. The number of hydrogen-bond acceptors (Lipinski definition) is 4. The normalized spacial score (nSPS) is 10.4. The van der Waals surface area contributed by atoms with E-state index in [2.05, 4.69) is 5.10 Å². The molecule has 0 spiro atoms. The third-order valence-electron chi connectivity index (χ3n) is 2.60. The number of ether oxygens (including phenoxy) is 1. The van der Waals surface area contributed by atoms with Gasteiger partial charge < -0.3 is 4.74 Å². The molecule has 0 radical (unpaired) electrons. The fraction of sp³-hybridized carbons (Fsp3) is 0.583. The first-order valence-corrected chi connectivity index (χ1v) is 5.82. The Morgan fingerprint density at radius 3 is 2.35 bits per heavy atom. The highest BCUT2D eigenvalue weighted by atomic mass is 16.5. The summed E-state index contributed by atoms with van der Waals surface area (Å²) >= 11 is 0. The number of ketones is 1. The SMILES string of the molecule is CCOC(=O)C(=O)c1c(CC)nn(C)c1CC. The van der Waals surface area contributed by atoms with Gasteiger partial charge in [0.25, 0.3) is 5.78 Å². The number of esters is 1. The van der Waals surface area contributed by atoms with Gasteiger partial charge in [-0.1, -0.05) is 13.8 Å². The molecule has 1 rings (SSSR count). The number of nitrogens with zero attached hydrogens (tertiary/aromatic N) is 2. The average molecular weight is 238 g/mol. The quantitative estimate of drug-likeness (QED) is 0.440. The smallest absolute Gasteiger partial charge is 0.379 e. The Morgan fingerprint density at radius 2 is 1.88 bits per heavy atom. The highest BCUT2D eigenvalue weighted by Crippen LogP contribution is 2.16. The second kappa shape index (κ2) is 5.61. The Labute approximate surface area is 101 Å². The van der Waals surface area contributed by atoms with Gasteiger partial charge in [-0.05, 0) is 19.8 Å². The molecular weight excluding hydrogens is 220 g/mol. The minimum atomic E-state index is -0.801. The van der Waals surface area contributed by atoms with Gasteiger partial charge in [0.1, 0.15) is 0 Å². The zero-order chi connectivity index (χ0) is 13.0. The predicted molar refractivity (Wildman–Crippen MR) is 62.9 cm³/mol. The lowest BCUT2D eigenvalue weighted by Crippen LogP contribution is -2.20. The Bertz CT molecular complexity index is 435. The molecule has 0 bridgehead atoms. The van der Waals surface area contributed by atoms with E-state index < -0.39 is 11.8 Å². The van der Waals surface area contributed by atoms with E-state index in [0.29, 0.717) is 24.1 Å². The van der Waals surface area contributed by atoms with Gasteiger partial charge in [-0.3, -0.25) is 9.48 Å². The molecule has 5 nitrogen and oxygen atoms in total. The number of rotatable bonds is 5. The standard InChI is InChI=1S/C12H18N2O3/c1-5-8-10(9(6-2)14(4)13-8)11(15)12(16)17-7-3/h5-7H2,1-4H3. The van der Waals surface area contributed by atoms with E-state index in [4.69, 9.17) is 4.74 Å². The zero-order valence-corrected chi connectivity index (χ0v) is 10.7. The van der Waals surface area contributed by atoms with Crippen LogP contribution < -0.4 is 0 Å². The first-order chi connectivity index (χ1) is 8.06. The maximum absolute atomic E-state index is 12.0. The van der Waals surface area contributed by atoms with Crippen molar-refractivity contribution in [2.45, 2.75) is 33.6 Å². The van der Waals surface area contributed by atoms with E-state index in [9.17, 15) is 9.59 Å². The molecule has 5 heteroatoms. The van der Waals surface area contributed by atoms with E-state index in [-0.39, 0.29) is 6.61 Å². The van der Waals surface area contributed by atoms with Crippen molar-refractivity contribution in [1.82, 2.24) is 9.78 Å². The van der Waals surface area contributed by atoms with E-state index in [1.807, 2.05) is 13.8 Å². The molecule has 0 saturated carbocycles. The minimum absolute atomic E-state index is 0.202. The van der Waals surface area contributed by atoms with Crippen LogP contribution in [-0.4, -0.2) is 28.1 Å². The zero-order valence-electron chi connectivity index (χ0n) is 10.7. The largest absolute Gasteiger partial charge is 0.460 e. The number of hydrogen-bond donors (Lipinski definition) is 0. The summed E-state index contributed by atoms with van der Waals surface area (Å²) in [6.07, 6.45) is 1.28. The van der Waals surface area contributed by atoms with Crippen LogP contribution in [0.25, 0.3) is 0 Å². The van der Waals surface area contributed by atoms with E-state index in [0.717, 1.165) is 5.69 Å². The van der Waals surface area contributed by atoms with Crippen molar-refractivity contribution in [2.24, 2.45) is 7.05 Å². The first-order valence-electron chi connectivity index (χ1n) is 5.82. The summed E-state index contributed by atoms with van der Waals surface area (Å²) in [5, 5.41) is 4.25. The molecule has 0 N–H and O–H groups in total. The van der Waals surface area contributed by atoms with Crippen molar-refractivity contribution in [3.8, 4) is 0 Å². The summed E-state index contributed by atoms with van der Waals surface area (Å²) in [6, 6.07) is 0. The van der Waals surface area contributed by atoms with Gasteiger partial charge in [0.15, 0.2) is 0 Å². The molecule has 0 aromatic carbocycles. The van der Waals surface area contributed by atoms with Crippen LogP contribution in [0, 0.1) is 0 Å². The van der Waals surface area contributed by atoms with Crippen molar-refractivity contribution in [1.29, 1.82) is 0 Å². The summed E-state index contributed by atoms with van der Waals surface area (Å²) in [7, 11) is 1.78. The van der Waals surface area contributed by atoms with Crippen molar-refractivity contribution < 1.29 is 14.3 Å². The van der Waals surface area contributed by atoms with Crippen LogP contribution >= 0.6 is 0 Å². The molecule has 0 atom stereocenters. The minimum Gasteiger partial charge on any atom is -0.460 e. The van der Waals surface area contributed by atoms with Crippen LogP contribution in [0.2, 0.25) is 0 Å². The predicted octanol–water partition coefficient (Wildman–Crippen LogP) is 1.29. The maximum Gasteiger partial charge on any atom is 0.379 e. The molecule has 0 aliphatic rings. The van der Waals surface area contributed by atoms with Crippen molar-refractivity contribution in [3.63, 3.8) is 0 Å². The summed E-state index contributed by atoms with van der Waals surface area (Å²) in [6.45, 7) is 5.71. The fourth-order valence-corrected chi connectivity index (χ4v) is 1.83. The summed E-state index contributed by atoms with van der Waals surface area (Å²) in [4.78, 5) is 23.5.